The van der Waals surface area contributed by atoms with E-state index < -0.39 is 22.8 Å². The first-order chi connectivity index (χ1) is 17.3. The van der Waals surface area contributed by atoms with Crippen molar-refractivity contribution in [3.8, 4) is 5.75 Å². The summed E-state index contributed by atoms with van der Waals surface area (Å²) >= 11 is -2.41. The summed E-state index contributed by atoms with van der Waals surface area (Å²) in [7, 11) is 1.32. The van der Waals surface area contributed by atoms with Crippen LogP contribution in [0.5, 0.6) is 5.75 Å². The summed E-state index contributed by atoms with van der Waals surface area (Å²) in [4.78, 5) is 17.9. The Morgan fingerprint density at radius 1 is 1.17 bits per heavy atom. The van der Waals surface area contributed by atoms with Crippen LogP contribution in [0.3, 0.4) is 0 Å². The lowest BCUT2D eigenvalue weighted by atomic mass is 9.77. The molecule has 36 heavy (non-hydrogen) atoms. The number of carbonyl (C=O) groups is 1. The molecule has 0 spiro atoms. The molecule has 0 aliphatic heterocycles. The van der Waals surface area contributed by atoms with Gasteiger partial charge in [0.2, 0.25) is 11.3 Å². The molecule has 1 aliphatic carbocycles. The van der Waals surface area contributed by atoms with Gasteiger partial charge < -0.3 is 9.47 Å². The van der Waals surface area contributed by atoms with Crippen LogP contribution >= 0.6 is 0 Å². The second kappa shape index (κ2) is 11.5. The molecule has 1 saturated carbocycles. The largest absolute Gasteiger partial charge is 0.487 e. The summed E-state index contributed by atoms with van der Waals surface area (Å²) < 4.78 is 35.9. The van der Waals surface area contributed by atoms with Crippen LogP contribution in [-0.4, -0.2) is 26.8 Å². The molecule has 2 N–H and O–H groups in total. The number of fused-ring (bicyclic) bond motifs is 1. The lowest BCUT2D eigenvalue weighted by molar-refractivity contribution is -0.151. The van der Waals surface area contributed by atoms with Crippen LogP contribution in [0.2, 0.25) is 0 Å². The van der Waals surface area contributed by atoms with Crippen molar-refractivity contribution in [2.45, 2.75) is 58.1 Å². The molecule has 2 unspecified atom stereocenters. The Balaban J connectivity index is 1.70. The van der Waals surface area contributed by atoms with Crippen LogP contribution in [0.4, 0.5) is 0 Å². The highest BCUT2D eigenvalue weighted by Gasteiger charge is 2.50. The molecule has 0 saturated heterocycles. The number of methoxy groups -OCH3 is 1. The number of esters is 1. The number of para-hydroxylation sites is 1. The van der Waals surface area contributed by atoms with E-state index in [1.807, 2.05) is 54.6 Å². The minimum Gasteiger partial charge on any atom is -0.487 e. The fourth-order valence-corrected chi connectivity index (χ4v) is 5.91. The van der Waals surface area contributed by atoms with E-state index >= 15 is 0 Å². The zero-order chi connectivity index (χ0) is 25.7. The second-order valence-corrected chi connectivity index (χ2v) is 10.5. The normalized spacial score (nSPS) is 16.7. The van der Waals surface area contributed by atoms with E-state index in [0.717, 1.165) is 54.3 Å². The summed E-state index contributed by atoms with van der Waals surface area (Å²) in [6.07, 6.45) is 4.18. The molecule has 192 valence electrons. The number of carbonyl (C=O) groups excluding carboxylic acids is 1. The molecular formula is C28H34N2O5S. The minimum atomic E-state index is -2.41. The standard InChI is InChI=1S/C28H34N2O5S/c1-19(2)16-21-17-23(28(27(31)34-3,30-36(32)33)22-9-5-6-10-22)13-15-26(21)35-18-24-14-12-20-8-4-7-11-25(20)29-24/h4,7-8,11-15,17,19,22,30H,5-6,9-10,16,18H2,1-3H3,(H,32,33). The third-order valence-electron chi connectivity index (χ3n) is 6.90. The third kappa shape index (κ3) is 5.61. The number of hydrogen-bond acceptors (Lipinski definition) is 5. The Labute approximate surface area is 215 Å². The van der Waals surface area contributed by atoms with Gasteiger partial charge >= 0.3 is 5.97 Å². The number of benzene rings is 2. The van der Waals surface area contributed by atoms with E-state index in [2.05, 4.69) is 18.6 Å². The molecule has 1 fully saturated rings. The number of hydrogen-bond donors (Lipinski definition) is 2. The zero-order valence-electron chi connectivity index (χ0n) is 21.0. The highest BCUT2D eigenvalue weighted by Crippen LogP contribution is 2.43. The molecule has 2 aromatic carbocycles. The number of pyridine rings is 1. The first-order valence-electron chi connectivity index (χ1n) is 12.4. The Hall–Kier alpha value is -2.81. The fourth-order valence-electron chi connectivity index (χ4n) is 5.27. The SMILES string of the molecule is COC(=O)C(NS(=O)O)(c1ccc(OCc2ccc3ccccc3n2)c(CC(C)C)c1)C1CCCC1. The van der Waals surface area contributed by atoms with Crippen LogP contribution in [0.1, 0.15) is 56.4 Å². The van der Waals surface area contributed by atoms with E-state index in [1.165, 1.54) is 7.11 Å². The number of ether oxygens (including phenoxy) is 2. The van der Waals surface area contributed by atoms with Gasteiger partial charge in [-0.15, -0.1) is 0 Å². The van der Waals surface area contributed by atoms with Crippen LogP contribution in [-0.2, 0) is 39.4 Å². The number of nitrogens with zero attached hydrogens (tertiary/aromatic N) is 1. The van der Waals surface area contributed by atoms with Gasteiger partial charge in [0, 0.05) is 5.39 Å². The molecule has 0 amide bonds. The Bertz CT molecular complexity index is 1240. The maximum absolute atomic E-state index is 13.2. The number of aromatic nitrogens is 1. The fraction of sp³-hybridized carbons (Fsp3) is 0.429. The zero-order valence-corrected chi connectivity index (χ0v) is 21.8. The van der Waals surface area contributed by atoms with Crippen molar-refractivity contribution in [1.82, 2.24) is 9.71 Å². The molecule has 2 atom stereocenters. The monoisotopic (exact) mass is 510 g/mol. The highest BCUT2D eigenvalue weighted by atomic mass is 32.2. The van der Waals surface area contributed by atoms with Gasteiger partial charge in [-0.25, -0.2) is 14.0 Å². The van der Waals surface area contributed by atoms with Crippen LogP contribution in [0, 0.1) is 11.8 Å². The van der Waals surface area contributed by atoms with Gasteiger partial charge in [0.05, 0.1) is 18.3 Å². The van der Waals surface area contributed by atoms with E-state index in [4.69, 9.17) is 14.5 Å². The maximum atomic E-state index is 13.2. The van der Waals surface area contributed by atoms with Gasteiger partial charge in [0.15, 0.2) is 5.54 Å². The maximum Gasteiger partial charge on any atom is 0.331 e. The molecule has 3 aromatic rings. The number of nitrogens with one attached hydrogen (secondary N) is 1. The van der Waals surface area contributed by atoms with Crippen molar-refractivity contribution in [2.75, 3.05) is 7.11 Å². The molecule has 8 heteroatoms. The minimum absolute atomic E-state index is 0.151. The van der Waals surface area contributed by atoms with Crippen molar-refractivity contribution in [3.05, 3.63) is 71.4 Å². The second-order valence-electron chi connectivity index (χ2n) is 9.84. The highest BCUT2D eigenvalue weighted by molar-refractivity contribution is 7.77. The molecule has 0 bridgehead atoms. The summed E-state index contributed by atoms with van der Waals surface area (Å²) in [5, 5.41) is 1.07. The summed E-state index contributed by atoms with van der Waals surface area (Å²) in [5.74, 6) is 0.334. The number of rotatable bonds is 10. The molecule has 1 heterocycles. The predicted molar refractivity (Wildman–Crippen MR) is 141 cm³/mol. The van der Waals surface area contributed by atoms with Crippen molar-refractivity contribution in [3.63, 3.8) is 0 Å². The van der Waals surface area contributed by atoms with Gasteiger partial charge in [-0.3, -0.25) is 4.55 Å². The van der Waals surface area contributed by atoms with Crippen LogP contribution < -0.4 is 9.46 Å². The van der Waals surface area contributed by atoms with E-state index in [1.54, 1.807) is 0 Å². The summed E-state index contributed by atoms with van der Waals surface area (Å²) in [5.41, 5.74) is 1.88. The van der Waals surface area contributed by atoms with Crippen molar-refractivity contribution >= 4 is 28.1 Å². The molecule has 4 rings (SSSR count). The summed E-state index contributed by atoms with van der Waals surface area (Å²) in [6, 6.07) is 17.5. The van der Waals surface area contributed by atoms with Gasteiger partial charge in [-0.1, -0.05) is 57.0 Å². The van der Waals surface area contributed by atoms with Crippen LogP contribution in [0.25, 0.3) is 10.9 Å². The Kier molecular flexibility index (Phi) is 8.39. The van der Waals surface area contributed by atoms with E-state index in [-0.39, 0.29) is 5.92 Å². The third-order valence-corrected chi connectivity index (χ3v) is 7.40. The average Bonchev–Trinajstić information content (AvgIpc) is 3.41. The van der Waals surface area contributed by atoms with Gasteiger partial charge in [0.1, 0.15) is 12.4 Å². The summed E-state index contributed by atoms with van der Waals surface area (Å²) in [6.45, 7) is 4.54. The van der Waals surface area contributed by atoms with Crippen LogP contribution in [0.15, 0.2) is 54.6 Å². The van der Waals surface area contributed by atoms with Gasteiger partial charge in [0.25, 0.3) is 0 Å². The average molecular weight is 511 g/mol. The van der Waals surface area contributed by atoms with Gasteiger partial charge in [-0.05, 0) is 66.5 Å². The van der Waals surface area contributed by atoms with Crippen molar-refractivity contribution < 1.29 is 23.0 Å². The first kappa shape index (κ1) is 26.3. The first-order valence-corrected chi connectivity index (χ1v) is 13.5. The molecular weight excluding hydrogens is 476 g/mol. The topological polar surface area (TPSA) is 97.8 Å². The van der Waals surface area contributed by atoms with E-state index in [0.29, 0.717) is 23.8 Å². The van der Waals surface area contributed by atoms with E-state index in [9.17, 15) is 13.6 Å². The molecule has 1 aromatic heterocycles. The quantitative estimate of drug-likeness (QED) is 0.284. The lowest BCUT2D eigenvalue weighted by Gasteiger charge is -2.36. The Morgan fingerprint density at radius 2 is 1.92 bits per heavy atom. The lowest BCUT2D eigenvalue weighted by Crippen LogP contribution is -2.55. The molecule has 7 nitrogen and oxygen atoms in total. The smallest absolute Gasteiger partial charge is 0.331 e. The van der Waals surface area contributed by atoms with Gasteiger partial charge in [-0.2, -0.15) is 4.72 Å². The Morgan fingerprint density at radius 3 is 2.61 bits per heavy atom. The molecule has 1 aliphatic rings. The predicted octanol–water partition coefficient (Wildman–Crippen LogP) is 5.30. The van der Waals surface area contributed by atoms with Crippen molar-refractivity contribution in [2.24, 2.45) is 11.8 Å². The van der Waals surface area contributed by atoms with Crippen molar-refractivity contribution in [1.29, 1.82) is 0 Å². The molecule has 0 radical (unpaired) electrons.